The molecule has 1 fully saturated rings. The first-order valence-electron chi connectivity index (χ1n) is 6.62. The molecule has 1 unspecified atom stereocenters. The Morgan fingerprint density at radius 1 is 1.29 bits per heavy atom. The number of thioether (sulfide) groups is 1. The van der Waals surface area contributed by atoms with Gasteiger partial charge in [0.1, 0.15) is 5.25 Å². The van der Waals surface area contributed by atoms with Crippen LogP contribution in [0.2, 0.25) is 0 Å². The lowest BCUT2D eigenvalue weighted by Gasteiger charge is -2.27. The summed E-state index contributed by atoms with van der Waals surface area (Å²) in [6.07, 6.45) is 0. The van der Waals surface area contributed by atoms with Crippen LogP contribution in [0.25, 0.3) is 0 Å². The van der Waals surface area contributed by atoms with Gasteiger partial charge in [-0.2, -0.15) is 0 Å². The normalized spacial score (nSPS) is 17.5. The highest BCUT2D eigenvalue weighted by molar-refractivity contribution is 8.00. The number of carboxylic acids is 1. The lowest BCUT2D eigenvalue weighted by molar-refractivity contribution is -0.136. The van der Waals surface area contributed by atoms with E-state index in [0.29, 0.717) is 35.1 Å². The number of aliphatic carboxylic acids is 1. The maximum Gasteiger partial charge on any atom is 0.316 e. The molecule has 0 aliphatic carbocycles. The van der Waals surface area contributed by atoms with E-state index >= 15 is 0 Å². The van der Waals surface area contributed by atoms with E-state index in [-0.39, 0.29) is 5.91 Å². The minimum Gasteiger partial charge on any atom is -0.480 e. The molecule has 2 rings (SSSR count). The Balaban J connectivity index is 2.17. The summed E-state index contributed by atoms with van der Waals surface area (Å²) in [5.41, 5.74) is 0.517. The van der Waals surface area contributed by atoms with E-state index in [9.17, 15) is 13.8 Å². The van der Waals surface area contributed by atoms with E-state index in [0.717, 1.165) is 11.8 Å². The predicted octanol–water partition coefficient (Wildman–Crippen LogP) is 1.46. The molecule has 1 aliphatic rings. The van der Waals surface area contributed by atoms with E-state index in [1.807, 2.05) is 0 Å². The van der Waals surface area contributed by atoms with E-state index in [1.54, 1.807) is 36.1 Å². The second-order valence-electron chi connectivity index (χ2n) is 4.73. The second kappa shape index (κ2) is 7.09. The molecule has 0 radical (unpaired) electrons. The first kappa shape index (κ1) is 16.0. The Kier molecular flexibility index (Phi) is 5.41. The zero-order valence-electron chi connectivity index (χ0n) is 11.7. The molecule has 0 aromatic heterocycles. The third kappa shape index (κ3) is 4.07. The fourth-order valence-corrected chi connectivity index (χ4v) is 3.97. The number of amides is 1. The van der Waals surface area contributed by atoms with Gasteiger partial charge >= 0.3 is 5.97 Å². The molecule has 1 aromatic carbocycles. The molecular weight excluding hydrogens is 310 g/mol. The highest BCUT2D eigenvalue weighted by Crippen LogP contribution is 2.28. The molecule has 5 nitrogen and oxygen atoms in total. The van der Waals surface area contributed by atoms with Crippen molar-refractivity contribution in [2.45, 2.75) is 17.1 Å². The minimum absolute atomic E-state index is 0.118. The van der Waals surface area contributed by atoms with Crippen LogP contribution in [0.15, 0.2) is 29.2 Å². The minimum atomic E-state index is -0.907. The number of nitrogens with zero attached hydrogens (tertiary/aromatic N) is 1. The highest BCUT2D eigenvalue weighted by atomic mass is 32.2. The highest BCUT2D eigenvalue weighted by Gasteiger charge is 2.24. The molecular formula is C14H17NO4S2. The lowest BCUT2D eigenvalue weighted by Crippen LogP contribution is -2.42. The maximum absolute atomic E-state index is 12.5. The van der Waals surface area contributed by atoms with Crippen LogP contribution in [-0.4, -0.2) is 55.9 Å². The average molecular weight is 327 g/mol. The van der Waals surface area contributed by atoms with Crippen molar-refractivity contribution in [1.82, 2.24) is 4.90 Å². The predicted molar refractivity (Wildman–Crippen MR) is 83.2 cm³/mol. The number of benzene rings is 1. The van der Waals surface area contributed by atoms with Gasteiger partial charge in [-0.3, -0.25) is 13.8 Å². The van der Waals surface area contributed by atoms with Crippen molar-refractivity contribution in [1.29, 1.82) is 0 Å². The summed E-state index contributed by atoms with van der Waals surface area (Å²) in [5, 5.41) is 8.38. The van der Waals surface area contributed by atoms with Gasteiger partial charge in [-0.15, -0.1) is 11.8 Å². The molecule has 1 amide bonds. The fraction of sp³-hybridized carbons (Fsp3) is 0.429. The van der Waals surface area contributed by atoms with Crippen molar-refractivity contribution in [3.05, 3.63) is 29.8 Å². The Morgan fingerprint density at radius 3 is 2.52 bits per heavy atom. The quantitative estimate of drug-likeness (QED) is 0.848. The maximum atomic E-state index is 12.5. The van der Waals surface area contributed by atoms with Crippen molar-refractivity contribution in [2.75, 3.05) is 24.6 Å². The smallest absolute Gasteiger partial charge is 0.316 e. The van der Waals surface area contributed by atoms with Crippen LogP contribution in [0.3, 0.4) is 0 Å². The Morgan fingerprint density at radius 2 is 1.90 bits per heavy atom. The Labute approximate surface area is 130 Å². The zero-order chi connectivity index (χ0) is 15.4. The van der Waals surface area contributed by atoms with Gasteiger partial charge in [0.25, 0.3) is 5.91 Å². The molecule has 0 spiro atoms. The topological polar surface area (TPSA) is 74.7 Å². The Bertz CT molecular complexity index is 566. The average Bonchev–Trinajstić information content (AvgIpc) is 2.47. The summed E-state index contributed by atoms with van der Waals surface area (Å²) in [7, 11) is -0.831. The molecule has 0 bridgehead atoms. The zero-order valence-corrected chi connectivity index (χ0v) is 13.3. The van der Waals surface area contributed by atoms with E-state index in [4.69, 9.17) is 5.11 Å². The van der Waals surface area contributed by atoms with Crippen LogP contribution >= 0.6 is 11.8 Å². The van der Waals surface area contributed by atoms with Crippen LogP contribution in [0.1, 0.15) is 17.3 Å². The molecule has 114 valence electrons. The van der Waals surface area contributed by atoms with Gasteiger partial charge in [0.15, 0.2) is 0 Å². The summed E-state index contributed by atoms with van der Waals surface area (Å²) in [5.74, 6) is -0.0119. The number of carboxylic acid groups (broad SMARTS) is 1. The largest absolute Gasteiger partial charge is 0.480 e. The van der Waals surface area contributed by atoms with Crippen molar-refractivity contribution >= 4 is 34.4 Å². The molecule has 1 aromatic rings. The summed E-state index contributed by atoms with van der Waals surface area (Å²) in [6.45, 7) is 2.57. The van der Waals surface area contributed by atoms with Crippen LogP contribution in [0, 0.1) is 0 Å². The standard InChI is InChI=1S/C14H17NO4S2/c1-10(14(17)18)20-12-5-3-2-4-11(12)13(16)15-6-8-21(19)9-7-15/h2-5,10H,6-9H2,1H3,(H,17,18). The molecule has 1 atom stereocenters. The van der Waals surface area contributed by atoms with Crippen molar-refractivity contribution in [2.24, 2.45) is 0 Å². The third-order valence-electron chi connectivity index (χ3n) is 3.23. The number of hydrogen-bond donors (Lipinski definition) is 1. The second-order valence-corrected chi connectivity index (χ2v) is 7.81. The number of hydrogen-bond acceptors (Lipinski definition) is 4. The van der Waals surface area contributed by atoms with Crippen molar-refractivity contribution < 1.29 is 18.9 Å². The summed E-state index contributed by atoms with van der Waals surface area (Å²) in [6, 6.07) is 7.04. The van der Waals surface area contributed by atoms with Crippen LogP contribution in [0.5, 0.6) is 0 Å². The van der Waals surface area contributed by atoms with Gasteiger partial charge in [0, 0.05) is 40.3 Å². The number of carbonyl (C=O) groups excluding carboxylic acids is 1. The number of rotatable bonds is 4. The fourth-order valence-electron chi connectivity index (χ4n) is 2.00. The third-order valence-corrected chi connectivity index (χ3v) is 5.67. The van der Waals surface area contributed by atoms with Gasteiger partial charge in [0.05, 0.1) is 5.56 Å². The van der Waals surface area contributed by atoms with Crippen molar-refractivity contribution in [3.8, 4) is 0 Å². The molecule has 1 heterocycles. The van der Waals surface area contributed by atoms with E-state index in [1.165, 1.54) is 0 Å². The van der Waals surface area contributed by atoms with Crippen LogP contribution in [-0.2, 0) is 15.6 Å². The summed E-state index contributed by atoms with van der Waals surface area (Å²) >= 11 is 1.16. The molecule has 0 saturated carbocycles. The van der Waals surface area contributed by atoms with Crippen LogP contribution in [0.4, 0.5) is 0 Å². The number of carbonyl (C=O) groups is 2. The molecule has 21 heavy (non-hydrogen) atoms. The SMILES string of the molecule is CC(Sc1ccccc1C(=O)N1CCS(=O)CC1)C(=O)O. The van der Waals surface area contributed by atoms with Gasteiger partial charge < -0.3 is 10.0 Å². The molecule has 7 heteroatoms. The van der Waals surface area contributed by atoms with Gasteiger partial charge in [-0.1, -0.05) is 12.1 Å². The first-order chi connectivity index (χ1) is 9.99. The Hall–Kier alpha value is -1.34. The van der Waals surface area contributed by atoms with E-state index in [2.05, 4.69) is 0 Å². The van der Waals surface area contributed by atoms with Crippen LogP contribution < -0.4 is 0 Å². The van der Waals surface area contributed by atoms with E-state index < -0.39 is 22.0 Å². The molecule has 1 saturated heterocycles. The monoisotopic (exact) mass is 327 g/mol. The molecule has 1 aliphatic heterocycles. The summed E-state index contributed by atoms with van der Waals surface area (Å²) < 4.78 is 11.4. The lowest BCUT2D eigenvalue weighted by atomic mass is 10.2. The summed E-state index contributed by atoms with van der Waals surface area (Å²) in [4.78, 5) is 25.9. The van der Waals surface area contributed by atoms with Gasteiger partial charge in [-0.25, -0.2) is 0 Å². The first-order valence-corrected chi connectivity index (χ1v) is 8.98. The van der Waals surface area contributed by atoms with Gasteiger partial charge in [-0.05, 0) is 19.1 Å². The molecule has 1 N–H and O–H groups in total. The van der Waals surface area contributed by atoms with Gasteiger partial charge in [0.2, 0.25) is 0 Å². The van der Waals surface area contributed by atoms with Crippen molar-refractivity contribution in [3.63, 3.8) is 0 Å².